The molecule has 1 aliphatic heterocycles. The van der Waals surface area contributed by atoms with Crippen molar-refractivity contribution in [2.45, 2.75) is 52.7 Å². The Balaban J connectivity index is 2.02. The normalized spacial score (nSPS) is 17.7. The minimum absolute atomic E-state index is 0.0701. The van der Waals surface area contributed by atoms with Crippen molar-refractivity contribution in [2.75, 3.05) is 19.6 Å². The molecule has 0 spiro atoms. The molecule has 0 bridgehead atoms. The van der Waals surface area contributed by atoms with Crippen molar-refractivity contribution in [3.8, 4) is 0 Å². The first-order chi connectivity index (χ1) is 12.2. The first-order valence-electron chi connectivity index (χ1n) is 9.21. The largest absolute Gasteiger partial charge is 0.444 e. The van der Waals surface area contributed by atoms with Crippen molar-refractivity contribution in [2.24, 2.45) is 5.92 Å². The van der Waals surface area contributed by atoms with E-state index in [1.165, 1.54) is 0 Å². The Kier molecular flexibility index (Phi) is 6.93. The van der Waals surface area contributed by atoms with E-state index in [0.29, 0.717) is 31.2 Å². The molecule has 1 aromatic carbocycles. The Labute approximate surface area is 161 Å². The van der Waals surface area contributed by atoms with Gasteiger partial charge in [0.1, 0.15) is 5.60 Å². The van der Waals surface area contributed by atoms with Crippen molar-refractivity contribution in [3.63, 3.8) is 0 Å². The molecule has 0 N–H and O–H groups in total. The standard InChI is InChI=1S/C20H29ClN2O3/c1-5-22(13-15-9-6-7-11-17(15)21)18(24)16-10-8-12-23(14-16)19(25)26-20(2,3)4/h6-7,9,11,16H,5,8,10,12-14H2,1-4H3. The second-order valence-electron chi connectivity index (χ2n) is 7.71. The van der Waals surface area contributed by atoms with Crippen LogP contribution < -0.4 is 0 Å². The van der Waals surface area contributed by atoms with E-state index in [2.05, 4.69) is 0 Å². The Morgan fingerprint density at radius 1 is 1.31 bits per heavy atom. The van der Waals surface area contributed by atoms with E-state index in [1.807, 2.05) is 56.9 Å². The molecule has 144 valence electrons. The zero-order chi connectivity index (χ0) is 19.3. The number of likely N-dealkylation sites (tertiary alicyclic amines) is 1. The molecule has 0 aliphatic carbocycles. The highest BCUT2D eigenvalue weighted by Crippen LogP contribution is 2.23. The monoisotopic (exact) mass is 380 g/mol. The van der Waals surface area contributed by atoms with E-state index < -0.39 is 5.60 Å². The second-order valence-corrected chi connectivity index (χ2v) is 8.12. The summed E-state index contributed by atoms with van der Waals surface area (Å²) in [6.45, 7) is 9.63. The number of amides is 2. The fraction of sp³-hybridized carbons (Fsp3) is 0.600. The number of hydrogen-bond donors (Lipinski definition) is 0. The van der Waals surface area contributed by atoms with Crippen LogP contribution in [0.25, 0.3) is 0 Å². The summed E-state index contributed by atoms with van der Waals surface area (Å²) in [5.41, 5.74) is 0.400. The number of carbonyl (C=O) groups excluding carboxylic acids is 2. The summed E-state index contributed by atoms with van der Waals surface area (Å²) in [5, 5.41) is 0.665. The summed E-state index contributed by atoms with van der Waals surface area (Å²) in [6, 6.07) is 7.57. The van der Waals surface area contributed by atoms with E-state index >= 15 is 0 Å². The van der Waals surface area contributed by atoms with E-state index in [4.69, 9.17) is 16.3 Å². The number of ether oxygens (including phenoxy) is 1. The Bertz CT molecular complexity index is 642. The number of rotatable bonds is 4. The van der Waals surface area contributed by atoms with Crippen LogP contribution in [-0.2, 0) is 16.1 Å². The molecule has 5 nitrogen and oxygen atoms in total. The third-order valence-corrected chi connectivity index (χ3v) is 4.80. The molecular formula is C20H29ClN2O3. The molecule has 1 atom stereocenters. The van der Waals surface area contributed by atoms with Gasteiger partial charge in [-0.25, -0.2) is 4.79 Å². The van der Waals surface area contributed by atoms with Crippen molar-refractivity contribution >= 4 is 23.6 Å². The van der Waals surface area contributed by atoms with Gasteiger partial charge >= 0.3 is 6.09 Å². The van der Waals surface area contributed by atoms with Gasteiger partial charge in [0, 0.05) is 31.2 Å². The number of carbonyl (C=O) groups is 2. The van der Waals surface area contributed by atoms with Crippen molar-refractivity contribution < 1.29 is 14.3 Å². The van der Waals surface area contributed by atoms with Gasteiger partial charge in [0.15, 0.2) is 0 Å². The number of nitrogens with zero attached hydrogens (tertiary/aromatic N) is 2. The first kappa shape index (κ1) is 20.6. The number of piperidine rings is 1. The zero-order valence-corrected chi connectivity index (χ0v) is 16.9. The molecule has 6 heteroatoms. The van der Waals surface area contributed by atoms with E-state index in [9.17, 15) is 9.59 Å². The summed E-state index contributed by atoms with van der Waals surface area (Å²) >= 11 is 6.23. The molecule has 0 radical (unpaired) electrons. The van der Waals surface area contributed by atoms with Gasteiger partial charge in [-0.2, -0.15) is 0 Å². The van der Waals surface area contributed by atoms with Crippen LogP contribution in [0.4, 0.5) is 4.79 Å². The van der Waals surface area contributed by atoms with Crippen LogP contribution in [0.2, 0.25) is 5.02 Å². The molecule has 0 saturated carbocycles. The van der Waals surface area contributed by atoms with Crippen LogP contribution in [0.3, 0.4) is 0 Å². The van der Waals surface area contributed by atoms with Crippen molar-refractivity contribution in [1.29, 1.82) is 0 Å². The number of halogens is 1. The summed E-state index contributed by atoms with van der Waals surface area (Å²) in [7, 11) is 0. The predicted molar refractivity (Wildman–Crippen MR) is 103 cm³/mol. The Morgan fingerprint density at radius 3 is 2.62 bits per heavy atom. The van der Waals surface area contributed by atoms with Gasteiger partial charge in [-0.3, -0.25) is 4.79 Å². The highest BCUT2D eigenvalue weighted by Gasteiger charge is 2.32. The van der Waals surface area contributed by atoms with Crippen molar-refractivity contribution in [3.05, 3.63) is 34.9 Å². The SMILES string of the molecule is CCN(Cc1ccccc1Cl)C(=O)C1CCCN(C(=O)OC(C)(C)C)C1. The molecule has 2 amide bonds. The van der Waals surface area contributed by atoms with Gasteiger partial charge in [-0.1, -0.05) is 29.8 Å². The van der Waals surface area contributed by atoms with E-state index in [-0.39, 0.29) is 17.9 Å². The molecule has 1 heterocycles. The molecule has 1 saturated heterocycles. The van der Waals surface area contributed by atoms with Crippen LogP contribution >= 0.6 is 11.6 Å². The molecule has 26 heavy (non-hydrogen) atoms. The summed E-state index contributed by atoms with van der Waals surface area (Å²) in [5.74, 6) is -0.126. The van der Waals surface area contributed by atoms with Gasteiger partial charge in [0.05, 0.1) is 5.92 Å². The smallest absolute Gasteiger partial charge is 0.410 e. The highest BCUT2D eigenvalue weighted by molar-refractivity contribution is 6.31. The van der Waals surface area contributed by atoms with Crippen LogP contribution in [0.5, 0.6) is 0 Å². The van der Waals surface area contributed by atoms with Crippen LogP contribution in [0.15, 0.2) is 24.3 Å². The lowest BCUT2D eigenvalue weighted by molar-refractivity contribution is -0.137. The number of benzene rings is 1. The lowest BCUT2D eigenvalue weighted by Crippen LogP contribution is -2.47. The van der Waals surface area contributed by atoms with Crippen molar-refractivity contribution in [1.82, 2.24) is 9.80 Å². The Morgan fingerprint density at radius 2 is 2.00 bits per heavy atom. The lowest BCUT2D eigenvalue weighted by Gasteiger charge is -2.35. The van der Waals surface area contributed by atoms with Crippen LogP contribution in [-0.4, -0.2) is 47.0 Å². The van der Waals surface area contributed by atoms with Gasteiger partial charge in [-0.15, -0.1) is 0 Å². The third kappa shape index (κ3) is 5.63. The summed E-state index contributed by atoms with van der Waals surface area (Å²) in [4.78, 5) is 28.8. The van der Waals surface area contributed by atoms with E-state index in [1.54, 1.807) is 4.90 Å². The number of hydrogen-bond acceptors (Lipinski definition) is 3. The maximum atomic E-state index is 13.0. The fourth-order valence-corrected chi connectivity index (χ4v) is 3.30. The van der Waals surface area contributed by atoms with Gasteiger partial charge < -0.3 is 14.5 Å². The summed E-state index contributed by atoms with van der Waals surface area (Å²) < 4.78 is 5.45. The third-order valence-electron chi connectivity index (χ3n) is 4.43. The van der Waals surface area contributed by atoms with E-state index in [0.717, 1.165) is 18.4 Å². The molecule has 0 aromatic heterocycles. The average molecular weight is 381 g/mol. The molecule has 1 fully saturated rings. The predicted octanol–water partition coefficient (Wildman–Crippen LogP) is 4.34. The van der Waals surface area contributed by atoms with Gasteiger partial charge in [0.2, 0.25) is 5.91 Å². The molecular weight excluding hydrogens is 352 g/mol. The topological polar surface area (TPSA) is 49.9 Å². The molecule has 2 rings (SSSR count). The zero-order valence-electron chi connectivity index (χ0n) is 16.1. The molecule has 1 unspecified atom stereocenters. The maximum Gasteiger partial charge on any atom is 0.410 e. The highest BCUT2D eigenvalue weighted by atomic mass is 35.5. The quantitative estimate of drug-likeness (QED) is 0.780. The van der Waals surface area contributed by atoms with Gasteiger partial charge in [-0.05, 0) is 52.2 Å². The van der Waals surface area contributed by atoms with Gasteiger partial charge in [0.25, 0.3) is 0 Å². The minimum Gasteiger partial charge on any atom is -0.444 e. The first-order valence-corrected chi connectivity index (χ1v) is 9.59. The minimum atomic E-state index is -0.534. The van der Waals surface area contributed by atoms with Crippen LogP contribution in [0, 0.1) is 5.92 Å². The summed E-state index contributed by atoms with van der Waals surface area (Å²) in [6.07, 6.45) is 1.25. The lowest BCUT2D eigenvalue weighted by atomic mass is 9.96. The fourth-order valence-electron chi connectivity index (χ4n) is 3.11. The Hall–Kier alpha value is -1.75. The maximum absolute atomic E-state index is 13.0. The molecule has 1 aliphatic rings. The second kappa shape index (κ2) is 8.76. The van der Waals surface area contributed by atoms with Crippen LogP contribution in [0.1, 0.15) is 46.1 Å². The molecule has 1 aromatic rings. The average Bonchev–Trinajstić information content (AvgIpc) is 2.59.